The van der Waals surface area contributed by atoms with Crippen molar-refractivity contribution in [1.82, 2.24) is 4.98 Å². The summed E-state index contributed by atoms with van der Waals surface area (Å²) in [6.45, 7) is 4.09. The van der Waals surface area contributed by atoms with Gasteiger partial charge in [0.05, 0.1) is 5.03 Å². The van der Waals surface area contributed by atoms with Crippen molar-refractivity contribution in [2.45, 2.75) is 30.0 Å². The molecular formula is C15H15NO2S2. The van der Waals surface area contributed by atoms with Crippen LogP contribution in [0, 0.1) is 12.8 Å². The van der Waals surface area contributed by atoms with Crippen LogP contribution in [0.4, 0.5) is 0 Å². The number of hydrogen-bond donors (Lipinski definition) is 1. The number of benzene rings is 1. The van der Waals surface area contributed by atoms with Crippen LogP contribution in [-0.2, 0) is 4.79 Å². The fourth-order valence-electron chi connectivity index (χ4n) is 2.67. The third kappa shape index (κ3) is 2.25. The number of rotatable bonds is 2. The molecule has 3 rings (SSSR count). The number of aromatic amines is 1. The molecule has 0 aliphatic carbocycles. The smallest absolute Gasteiger partial charge is 0.305 e. The SMILES string of the molecule is Cc1ccc([C@H]2c3sc(=O)[nH]c3S[C@H](C)[C@@H]2C=O)cc1. The Kier molecular flexibility index (Phi) is 3.56. The molecule has 3 nitrogen and oxygen atoms in total. The number of H-pyrrole nitrogens is 1. The first-order chi connectivity index (χ1) is 9.60. The number of carbonyl (C=O) groups excluding carboxylic acids is 1. The Labute approximate surface area is 125 Å². The zero-order valence-electron chi connectivity index (χ0n) is 11.3. The van der Waals surface area contributed by atoms with Gasteiger partial charge < -0.3 is 9.78 Å². The van der Waals surface area contributed by atoms with E-state index in [1.807, 2.05) is 13.8 Å². The normalized spacial score (nSPS) is 25.2. The minimum absolute atomic E-state index is 0.0108. The van der Waals surface area contributed by atoms with Crippen LogP contribution in [-0.4, -0.2) is 16.5 Å². The number of carbonyl (C=O) groups is 1. The molecule has 0 spiro atoms. The molecule has 104 valence electrons. The Morgan fingerprint density at radius 3 is 2.60 bits per heavy atom. The lowest BCUT2D eigenvalue weighted by molar-refractivity contribution is -0.111. The standard InChI is InChI=1S/C15H15NO2S2/c1-8-3-5-10(6-4-8)12-11(7-17)9(2)19-14-13(12)20-15(18)16-14/h3-7,9,11-12H,1-2H3,(H,16,18)/t9-,11+,12-/m1/s1. The largest absolute Gasteiger partial charge is 0.307 e. The maximum absolute atomic E-state index is 11.7. The summed E-state index contributed by atoms with van der Waals surface area (Å²) in [5.74, 6) is -0.107. The lowest BCUT2D eigenvalue weighted by Crippen LogP contribution is -2.28. The number of nitrogens with one attached hydrogen (secondary N) is 1. The molecule has 0 bridgehead atoms. The molecule has 2 aromatic rings. The predicted octanol–water partition coefficient (Wildman–Crippen LogP) is 3.19. The number of hydrogen-bond acceptors (Lipinski definition) is 4. The highest BCUT2D eigenvalue weighted by molar-refractivity contribution is 8.00. The van der Waals surface area contributed by atoms with E-state index in [0.717, 1.165) is 21.8 Å². The van der Waals surface area contributed by atoms with E-state index in [2.05, 4.69) is 29.2 Å². The number of fused-ring (bicyclic) bond motifs is 1. The van der Waals surface area contributed by atoms with Crippen molar-refractivity contribution in [1.29, 1.82) is 0 Å². The van der Waals surface area contributed by atoms with Crippen LogP contribution < -0.4 is 4.87 Å². The Hall–Kier alpha value is -1.33. The summed E-state index contributed by atoms with van der Waals surface area (Å²) in [6, 6.07) is 8.23. The van der Waals surface area contributed by atoms with Gasteiger partial charge in [-0.1, -0.05) is 48.1 Å². The van der Waals surface area contributed by atoms with Crippen LogP contribution in [0.5, 0.6) is 0 Å². The Balaban J connectivity index is 2.15. The predicted molar refractivity (Wildman–Crippen MR) is 82.8 cm³/mol. The van der Waals surface area contributed by atoms with Gasteiger partial charge in [-0.05, 0) is 12.5 Å². The van der Waals surface area contributed by atoms with Gasteiger partial charge in [0.15, 0.2) is 0 Å². The Morgan fingerprint density at radius 1 is 1.25 bits per heavy atom. The number of thioether (sulfide) groups is 1. The summed E-state index contributed by atoms with van der Waals surface area (Å²) < 4.78 is 0. The first-order valence-corrected chi connectivity index (χ1v) is 8.21. The van der Waals surface area contributed by atoms with Crippen LogP contribution in [0.1, 0.15) is 28.8 Å². The highest BCUT2D eigenvalue weighted by atomic mass is 32.2. The average Bonchev–Trinajstić information content (AvgIpc) is 2.78. The summed E-state index contributed by atoms with van der Waals surface area (Å²) in [4.78, 5) is 27.0. The summed E-state index contributed by atoms with van der Waals surface area (Å²) in [7, 11) is 0. The summed E-state index contributed by atoms with van der Waals surface area (Å²) in [5.41, 5.74) is 2.30. The summed E-state index contributed by atoms with van der Waals surface area (Å²) in [5, 5.41) is 1.09. The maximum Gasteiger partial charge on any atom is 0.305 e. The molecule has 0 amide bonds. The molecule has 0 saturated heterocycles. The van der Waals surface area contributed by atoms with Crippen LogP contribution in [0.25, 0.3) is 0 Å². The summed E-state index contributed by atoms with van der Waals surface area (Å²) in [6.07, 6.45) is 1.04. The van der Waals surface area contributed by atoms with Crippen molar-refractivity contribution in [3.63, 3.8) is 0 Å². The van der Waals surface area contributed by atoms with Gasteiger partial charge in [-0.25, -0.2) is 0 Å². The van der Waals surface area contributed by atoms with Gasteiger partial charge in [-0.3, -0.25) is 4.79 Å². The Bertz CT molecular complexity index is 687. The van der Waals surface area contributed by atoms with E-state index in [0.29, 0.717) is 0 Å². The molecule has 20 heavy (non-hydrogen) atoms. The molecule has 1 aromatic heterocycles. The third-order valence-electron chi connectivity index (χ3n) is 3.75. The second-order valence-electron chi connectivity index (χ2n) is 5.13. The van der Waals surface area contributed by atoms with Crippen molar-refractivity contribution in [2.24, 2.45) is 5.92 Å². The second-order valence-corrected chi connectivity index (χ2v) is 7.53. The topological polar surface area (TPSA) is 49.9 Å². The third-order valence-corrected chi connectivity index (χ3v) is 6.09. The fraction of sp³-hybridized carbons (Fsp3) is 0.333. The fourth-order valence-corrected chi connectivity index (χ4v) is 5.06. The highest BCUT2D eigenvalue weighted by Crippen LogP contribution is 2.47. The Morgan fingerprint density at radius 2 is 1.95 bits per heavy atom. The van der Waals surface area contributed by atoms with E-state index in [-0.39, 0.29) is 22.0 Å². The van der Waals surface area contributed by atoms with Crippen molar-refractivity contribution in [2.75, 3.05) is 0 Å². The van der Waals surface area contributed by atoms with Gasteiger partial charge in [0.2, 0.25) is 0 Å². The lowest BCUT2D eigenvalue weighted by Gasteiger charge is -2.32. The second kappa shape index (κ2) is 5.22. The zero-order valence-corrected chi connectivity index (χ0v) is 12.9. The quantitative estimate of drug-likeness (QED) is 0.867. The van der Waals surface area contributed by atoms with Gasteiger partial charge in [-0.15, -0.1) is 11.8 Å². The van der Waals surface area contributed by atoms with Crippen molar-refractivity contribution in [3.05, 3.63) is 49.9 Å². The number of aldehydes is 1. The van der Waals surface area contributed by atoms with Gasteiger partial charge in [0.25, 0.3) is 0 Å². The van der Waals surface area contributed by atoms with E-state index in [9.17, 15) is 9.59 Å². The molecule has 1 N–H and O–H groups in total. The molecule has 0 saturated carbocycles. The van der Waals surface area contributed by atoms with Crippen LogP contribution >= 0.6 is 23.1 Å². The van der Waals surface area contributed by atoms with Crippen molar-refractivity contribution in [3.8, 4) is 0 Å². The molecule has 0 unspecified atom stereocenters. The van der Waals surface area contributed by atoms with Gasteiger partial charge in [0, 0.05) is 22.0 Å². The monoisotopic (exact) mass is 305 g/mol. The van der Waals surface area contributed by atoms with Gasteiger partial charge in [-0.2, -0.15) is 0 Å². The molecule has 5 heteroatoms. The average molecular weight is 305 g/mol. The van der Waals surface area contributed by atoms with Crippen LogP contribution in [0.2, 0.25) is 0 Å². The van der Waals surface area contributed by atoms with Crippen molar-refractivity contribution >= 4 is 29.4 Å². The molecule has 1 aliphatic heterocycles. The van der Waals surface area contributed by atoms with Crippen molar-refractivity contribution < 1.29 is 4.79 Å². The van der Waals surface area contributed by atoms with E-state index >= 15 is 0 Å². The molecule has 1 aromatic carbocycles. The molecule has 2 heterocycles. The minimum atomic E-state index is -0.0957. The van der Waals surface area contributed by atoms with E-state index in [1.54, 1.807) is 11.8 Å². The van der Waals surface area contributed by atoms with Gasteiger partial charge >= 0.3 is 4.87 Å². The van der Waals surface area contributed by atoms with Gasteiger partial charge in [0.1, 0.15) is 6.29 Å². The molecule has 1 aliphatic rings. The minimum Gasteiger partial charge on any atom is -0.307 e. The number of aryl methyl sites for hydroxylation is 1. The molecule has 3 atom stereocenters. The lowest BCUT2D eigenvalue weighted by atomic mass is 9.83. The number of aromatic nitrogens is 1. The van der Waals surface area contributed by atoms with E-state index < -0.39 is 0 Å². The zero-order chi connectivity index (χ0) is 14.3. The van der Waals surface area contributed by atoms with Crippen LogP contribution in [0.15, 0.2) is 34.1 Å². The van der Waals surface area contributed by atoms with Crippen LogP contribution in [0.3, 0.4) is 0 Å². The molecule has 0 fully saturated rings. The van der Waals surface area contributed by atoms with E-state index in [1.165, 1.54) is 16.9 Å². The first-order valence-electron chi connectivity index (χ1n) is 6.51. The maximum atomic E-state index is 11.7. The summed E-state index contributed by atoms with van der Waals surface area (Å²) >= 11 is 2.82. The number of thiazole rings is 1. The molecular weight excluding hydrogens is 290 g/mol. The van der Waals surface area contributed by atoms with E-state index in [4.69, 9.17) is 0 Å². The first kappa shape index (κ1) is 13.6. The highest BCUT2D eigenvalue weighted by Gasteiger charge is 2.38. The molecule has 0 radical (unpaired) electrons.